The molecule has 2 N–H and O–H groups in total. The molecule has 140 valence electrons. The fourth-order valence-electron chi connectivity index (χ4n) is 2.74. The van der Waals surface area contributed by atoms with E-state index >= 15 is 0 Å². The van der Waals surface area contributed by atoms with Crippen molar-refractivity contribution in [2.24, 2.45) is 0 Å². The molecule has 1 fully saturated rings. The van der Waals surface area contributed by atoms with E-state index < -0.39 is 10.0 Å². The van der Waals surface area contributed by atoms with Crippen LogP contribution < -0.4 is 10.1 Å². The molecule has 0 bridgehead atoms. The molecule has 10 heteroatoms. The van der Waals surface area contributed by atoms with Crippen molar-refractivity contribution in [3.05, 3.63) is 36.8 Å². The Morgan fingerprint density at radius 1 is 1.19 bits per heavy atom. The Hall–Kier alpha value is -2.59. The zero-order valence-electron chi connectivity index (χ0n) is 14.4. The summed E-state index contributed by atoms with van der Waals surface area (Å²) < 4.78 is 31.6. The Morgan fingerprint density at radius 3 is 2.62 bits per heavy atom. The van der Waals surface area contributed by atoms with Gasteiger partial charge in [0.25, 0.3) is 10.0 Å². The highest BCUT2D eigenvalue weighted by Crippen LogP contribution is 2.17. The average Bonchev–Trinajstić information content (AvgIpc) is 3.07. The van der Waals surface area contributed by atoms with Crippen LogP contribution in [0.5, 0.6) is 5.75 Å². The number of aromatic nitrogens is 2. The SMILES string of the molecule is COc1ccc(NC(=O)N2CCCN(S(=O)(=O)c3cnc[nH]3)CC2)cc1. The van der Waals surface area contributed by atoms with Crippen molar-refractivity contribution in [1.29, 1.82) is 0 Å². The quantitative estimate of drug-likeness (QED) is 0.834. The number of hydrogen-bond acceptors (Lipinski definition) is 5. The summed E-state index contributed by atoms with van der Waals surface area (Å²) in [5.74, 6) is 0.706. The van der Waals surface area contributed by atoms with Gasteiger partial charge in [0.1, 0.15) is 5.75 Å². The van der Waals surface area contributed by atoms with Gasteiger partial charge in [-0.25, -0.2) is 18.2 Å². The summed E-state index contributed by atoms with van der Waals surface area (Å²) in [6, 6.07) is 6.77. The van der Waals surface area contributed by atoms with Gasteiger partial charge in [0.05, 0.1) is 19.6 Å². The van der Waals surface area contributed by atoms with E-state index in [2.05, 4.69) is 15.3 Å². The second kappa shape index (κ2) is 7.75. The predicted molar refractivity (Wildman–Crippen MR) is 95.5 cm³/mol. The molecule has 1 aliphatic rings. The molecule has 0 unspecified atom stereocenters. The third-order valence-electron chi connectivity index (χ3n) is 4.17. The number of benzene rings is 1. The first-order valence-corrected chi connectivity index (χ1v) is 9.63. The number of methoxy groups -OCH3 is 1. The third-order valence-corrected chi connectivity index (χ3v) is 6.00. The predicted octanol–water partition coefficient (Wildman–Crippen LogP) is 1.35. The number of H-pyrrole nitrogens is 1. The Balaban J connectivity index is 1.61. The fourth-order valence-corrected chi connectivity index (χ4v) is 4.10. The molecule has 26 heavy (non-hydrogen) atoms. The van der Waals surface area contributed by atoms with Gasteiger partial charge in [-0.05, 0) is 30.7 Å². The molecule has 3 rings (SSSR count). The minimum Gasteiger partial charge on any atom is -0.497 e. The second-order valence-corrected chi connectivity index (χ2v) is 7.73. The summed E-state index contributed by atoms with van der Waals surface area (Å²) in [6.07, 6.45) is 3.18. The number of carbonyl (C=O) groups excluding carboxylic acids is 1. The van der Waals surface area contributed by atoms with Crippen LogP contribution in [0, 0.1) is 0 Å². The van der Waals surface area contributed by atoms with Crippen LogP contribution in [0.15, 0.2) is 41.8 Å². The van der Waals surface area contributed by atoms with E-state index in [1.807, 2.05) is 0 Å². The van der Waals surface area contributed by atoms with Crippen molar-refractivity contribution in [1.82, 2.24) is 19.2 Å². The first-order valence-electron chi connectivity index (χ1n) is 8.19. The summed E-state index contributed by atoms with van der Waals surface area (Å²) in [5, 5.41) is 2.88. The van der Waals surface area contributed by atoms with Crippen LogP contribution in [0.4, 0.5) is 10.5 Å². The number of nitrogens with zero attached hydrogens (tertiary/aromatic N) is 3. The molecule has 0 aliphatic carbocycles. The van der Waals surface area contributed by atoms with Crippen molar-refractivity contribution in [3.63, 3.8) is 0 Å². The summed E-state index contributed by atoms with van der Waals surface area (Å²) >= 11 is 0. The standard InChI is InChI=1S/C16H21N5O4S/c1-25-14-5-3-13(4-6-14)19-16(22)20-7-2-8-21(10-9-20)26(23,24)15-11-17-12-18-15/h3-6,11-12H,2,7-10H2,1H3,(H,17,18)(H,19,22). The van der Waals surface area contributed by atoms with Crippen LogP contribution in [-0.4, -0.2) is 66.9 Å². The number of aromatic amines is 1. The molecular weight excluding hydrogens is 358 g/mol. The van der Waals surface area contributed by atoms with Gasteiger partial charge < -0.3 is 19.9 Å². The lowest BCUT2D eigenvalue weighted by Gasteiger charge is -2.22. The Labute approximate surface area is 152 Å². The highest BCUT2D eigenvalue weighted by Gasteiger charge is 2.29. The van der Waals surface area contributed by atoms with Gasteiger partial charge in [-0.15, -0.1) is 0 Å². The topological polar surface area (TPSA) is 108 Å². The zero-order chi connectivity index (χ0) is 18.6. The number of imidazole rings is 1. The highest BCUT2D eigenvalue weighted by molar-refractivity contribution is 7.89. The molecule has 2 heterocycles. The van der Waals surface area contributed by atoms with E-state index in [0.717, 1.165) is 0 Å². The molecule has 2 amide bonds. The van der Waals surface area contributed by atoms with Gasteiger partial charge in [-0.3, -0.25) is 0 Å². The fraction of sp³-hybridized carbons (Fsp3) is 0.375. The van der Waals surface area contributed by atoms with E-state index in [0.29, 0.717) is 37.5 Å². The van der Waals surface area contributed by atoms with Gasteiger partial charge >= 0.3 is 6.03 Å². The van der Waals surface area contributed by atoms with Gasteiger partial charge in [0.15, 0.2) is 5.03 Å². The van der Waals surface area contributed by atoms with Gasteiger partial charge in [-0.2, -0.15) is 4.31 Å². The van der Waals surface area contributed by atoms with Gasteiger partial charge in [0, 0.05) is 31.9 Å². The minimum atomic E-state index is -3.61. The van der Waals surface area contributed by atoms with Crippen LogP contribution in [0.25, 0.3) is 0 Å². The minimum absolute atomic E-state index is 0.0636. The number of rotatable bonds is 4. The number of urea groups is 1. The van der Waals surface area contributed by atoms with E-state index in [4.69, 9.17) is 4.74 Å². The number of anilines is 1. The number of nitrogens with one attached hydrogen (secondary N) is 2. The summed E-state index contributed by atoms with van der Waals surface area (Å²) in [7, 11) is -2.04. The molecule has 0 saturated carbocycles. The molecule has 0 spiro atoms. The first-order chi connectivity index (χ1) is 12.5. The number of hydrogen-bond donors (Lipinski definition) is 2. The molecule has 2 aromatic rings. The van der Waals surface area contributed by atoms with Gasteiger partial charge in [-0.1, -0.05) is 0 Å². The zero-order valence-corrected chi connectivity index (χ0v) is 15.2. The lowest BCUT2D eigenvalue weighted by molar-refractivity contribution is 0.214. The molecule has 1 aromatic carbocycles. The van der Waals surface area contributed by atoms with E-state index in [9.17, 15) is 13.2 Å². The largest absolute Gasteiger partial charge is 0.497 e. The number of ether oxygens (including phenoxy) is 1. The molecule has 9 nitrogen and oxygen atoms in total. The maximum atomic E-state index is 12.6. The normalized spacial score (nSPS) is 16.1. The van der Waals surface area contributed by atoms with Crippen molar-refractivity contribution >= 4 is 21.7 Å². The summed E-state index contributed by atoms with van der Waals surface area (Å²) in [5.41, 5.74) is 0.655. The van der Waals surface area contributed by atoms with E-state index in [1.165, 1.54) is 16.8 Å². The Kier molecular flexibility index (Phi) is 5.43. The van der Waals surface area contributed by atoms with Crippen LogP contribution >= 0.6 is 0 Å². The lowest BCUT2D eigenvalue weighted by atomic mass is 10.3. The lowest BCUT2D eigenvalue weighted by Crippen LogP contribution is -2.39. The van der Waals surface area contributed by atoms with E-state index in [1.54, 1.807) is 36.3 Å². The smallest absolute Gasteiger partial charge is 0.321 e. The number of sulfonamides is 1. The summed E-state index contributed by atoms with van der Waals surface area (Å²) in [6.45, 7) is 1.39. The molecule has 1 saturated heterocycles. The molecule has 1 aromatic heterocycles. The first kappa shape index (κ1) is 18.2. The maximum absolute atomic E-state index is 12.6. The van der Waals surface area contributed by atoms with Crippen LogP contribution in [0.3, 0.4) is 0 Å². The Bertz CT molecular complexity index is 836. The molecular formula is C16H21N5O4S. The van der Waals surface area contributed by atoms with Crippen molar-refractivity contribution in [2.45, 2.75) is 11.4 Å². The third kappa shape index (κ3) is 3.97. The van der Waals surface area contributed by atoms with Crippen molar-refractivity contribution < 1.29 is 17.9 Å². The van der Waals surface area contributed by atoms with Crippen molar-refractivity contribution in [2.75, 3.05) is 38.6 Å². The van der Waals surface area contributed by atoms with E-state index in [-0.39, 0.29) is 17.6 Å². The Morgan fingerprint density at radius 2 is 1.96 bits per heavy atom. The number of carbonyl (C=O) groups is 1. The summed E-state index contributed by atoms with van der Waals surface area (Å²) in [4.78, 5) is 20.5. The molecule has 0 atom stereocenters. The average molecular weight is 379 g/mol. The second-order valence-electron chi connectivity index (χ2n) is 5.82. The maximum Gasteiger partial charge on any atom is 0.321 e. The monoisotopic (exact) mass is 379 g/mol. The highest BCUT2D eigenvalue weighted by atomic mass is 32.2. The van der Waals surface area contributed by atoms with Crippen molar-refractivity contribution in [3.8, 4) is 5.75 Å². The molecule has 0 radical (unpaired) electrons. The van der Waals surface area contributed by atoms with Crippen LogP contribution in [-0.2, 0) is 10.0 Å². The van der Waals surface area contributed by atoms with Crippen LogP contribution in [0.2, 0.25) is 0 Å². The number of amides is 2. The molecule has 1 aliphatic heterocycles. The van der Waals surface area contributed by atoms with Crippen LogP contribution in [0.1, 0.15) is 6.42 Å². The van der Waals surface area contributed by atoms with Gasteiger partial charge in [0.2, 0.25) is 0 Å².